The van der Waals surface area contributed by atoms with Crippen molar-refractivity contribution in [3.05, 3.63) is 29.8 Å². The summed E-state index contributed by atoms with van der Waals surface area (Å²) in [6.45, 7) is 2.04. The molecule has 0 radical (unpaired) electrons. The summed E-state index contributed by atoms with van der Waals surface area (Å²) in [6, 6.07) is 10.2. The highest BCUT2D eigenvalue weighted by molar-refractivity contribution is 7.99. The van der Waals surface area contributed by atoms with Crippen LogP contribution >= 0.6 is 11.8 Å². The summed E-state index contributed by atoms with van der Waals surface area (Å²) in [6.07, 6.45) is 1.42. The first-order valence-electron chi connectivity index (χ1n) is 5.66. The van der Waals surface area contributed by atoms with E-state index in [9.17, 15) is 0 Å². The van der Waals surface area contributed by atoms with Gasteiger partial charge in [-0.3, -0.25) is 0 Å². The predicted octanol–water partition coefficient (Wildman–Crippen LogP) is 2.37. The van der Waals surface area contributed by atoms with E-state index in [-0.39, 0.29) is 0 Å². The summed E-state index contributed by atoms with van der Waals surface area (Å²) in [5.41, 5.74) is 2.16. The Bertz CT molecular complexity index is 540. The summed E-state index contributed by atoms with van der Waals surface area (Å²) in [4.78, 5) is 0. The third-order valence-electron chi connectivity index (χ3n) is 2.38. The van der Waals surface area contributed by atoms with Crippen LogP contribution in [-0.2, 0) is 0 Å². The zero-order chi connectivity index (χ0) is 12.8. The van der Waals surface area contributed by atoms with Crippen molar-refractivity contribution in [3.63, 3.8) is 0 Å². The van der Waals surface area contributed by atoms with Crippen LogP contribution in [0.2, 0.25) is 0 Å². The molecule has 2 aromatic rings. The van der Waals surface area contributed by atoms with Crippen molar-refractivity contribution in [2.24, 2.45) is 0 Å². The molecule has 92 valence electrons. The third kappa shape index (κ3) is 3.08. The molecule has 0 unspecified atom stereocenters. The van der Waals surface area contributed by atoms with Crippen LogP contribution in [0.4, 0.5) is 0 Å². The van der Waals surface area contributed by atoms with Gasteiger partial charge in [-0.1, -0.05) is 29.5 Å². The average molecular weight is 259 g/mol. The number of aromatic nitrogens is 4. The highest BCUT2D eigenvalue weighted by Gasteiger charge is 2.08. The molecule has 0 saturated heterocycles. The summed E-state index contributed by atoms with van der Waals surface area (Å²) in [5, 5.41) is 20.9. The molecule has 0 atom stereocenters. The Labute approximate surface area is 110 Å². The van der Waals surface area contributed by atoms with Crippen LogP contribution in [0.3, 0.4) is 0 Å². The number of thioether (sulfide) groups is 1. The molecular formula is C12H13N5S. The first-order chi connectivity index (χ1) is 8.81. The smallest absolute Gasteiger partial charge is 0.198 e. The summed E-state index contributed by atoms with van der Waals surface area (Å²) < 4.78 is 1.72. The van der Waals surface area contributed by atoms with Gasteiger partial charge in [0.2, 0.25) is 5.16 Å². The van der Waals surface area contributed by atoms with Gasteiger partial charge in [0.25, 0.3) is 0 Å². The first-order valence-corrected chi connectivity index (χ1v) is 6.65. The molecule has 1 heterocycles. The van der Waals surface area contributed by atoms with Crippen LogP contribution in [0, 0.1) is 18.3 Å². The Kier molecular flexibility index (Phi) is 4.31. The van der Waals surface area contributed by atoms with Gasteiger partial charge in [-0.2, -0.15) is 9.94 Å². The second kappa shape index (κ2) is 6.17. The second-order valence-electron chi connectivity index (χ2n) is 3.82. The molecule has 0 aliphatic heterocycles. The maximum atomic E-state index is 8.48. The van der Waals surface area contributed by atoms with Crippen LogP contribution in [0.1, 0.15) is 18.4 Å². The monoisotopic (exact) mass is 259 g/mol. The van der Waals surface area contributed by atoms with Crippen molar-refractivity contribution in [1.82, 2.24) is 20.2 Å². The normalized spacial score (nSPS) is 10.2. The van der Waals surface area contributed by atoms with Crippen LogP contribution in [0.15, 0.2) is 29.4 Å². The SMILES string of the molecule is Cc1ccc(-n2nnnc2SCCCC#N)cc1. The zero-order valence-corrected chi connectivity index (χ0v) is 10.9. The number of tetrazole rings is 1. The van der Waals surface area contributed by atoms with E-state index < -0.39 is 0 Å². The number of benzene rings is 1. The summed E-state index contributed by atoms with van der Waals surface area (Å²) >= 11 is 1.57. The Hall–Kier alpha value is -1.87. The molecule has 0 N–H and O–H groups in total. The number of aryl methyl sites for hydroxylation is 1. The molecule has 18 heavy (non-hydrogen) atoms. The highest BCUT2D eigenvalue weighted by atomic mass is 32.2. The molecule has 1 aromatic carbocycles. The number of nitrogens with zero attached hydrogens (tertiary/aromatic N) is 5. The van der Waals surface area contributed by atoms with E-state index in [1.54, 1.807) is 16.4 Å². The van der Waals surface area contributed by atoms with Gasteiger partial charge in [-0.25, -0.2) is 0 Å². The maximum Gasteiger partial charge on any atom is 0.214 e. The van der Waals surface area contributed by atoms with Crippen molar-refractivity contribution in [3.8, 4) is 11.8 Å². The van der Waals surface area contributed by atoms with Crippen molar-refractivity contribution < 1.29 is 0 Å². The van der Waals surface area contributed by atoms with E-state index in [1.807, 2.05) is 31.2 Å². The van der Waals surface area contributed by atoms with Crippen molar-refractivity contribution >= 4 is 11.8 Å². The van der Waals surface area contributed by atoms with Gasteiger partial charge in [0.15, 0.2) is 0 Å². The molecule has 6 heteroatoms. The van der Waals surface area contributed by atoms with Gasteiger partial charge in [0.1, 0.15) is 0 Å². The van der Waals surface area contributed by atoms with Crippen molar-refractivity contribution in [2.45, 2.75) is 24.9 Å². The fraction of sp³-hybridized carbons (Fsp3) is 0.333. The number of unbranched alkanes of at least 4 members (excludes halogenated alkanes) is 1. The zero-order valence-electron chi connectivity index (χ0n) is 10.1. The minimum absolute atomic E-state index is 0.569. The largest absolute Gasteiger partial charge is 0.214 e. The van der Waals surface area contributed by atoms with Crippen LogP contribution in [0.25, 0.3) is 5.69 Å². The Morgan fingerprint density at radius 3 is 2.83 bits per heavy atom. The summed E-state index contributed by atoms with van der Waals surface area (Å²) in [5.74, 6) is 0.847. The quantitative estimate of drug-likeness (QED) is 0.609. The van der Waals surface area contributed by atoms with Gasteiger partial charge in [-0.05, 0) is 35.9 Å². The molecule has 2 rings (SSSR count). The van der Waals surface area contributed by atoms with E-state index in [2.05, 4.69) is 21.6 Å². The molecule has 0 aliphatic rings. The standard InChI is InChI=1S/C12H13N5S/c1-10-4-6-11(7-5-10)17-12(14-15-16-17)18-9-3-2-8-13/h4-7H,2-3,9H2,1H3. The molecular weight excluding hydrogens is 246 g/mol. The number of hydrogen-bond acceptors (Lipinski definition) is 5. The Morgan fingerprint density at radius 2 is 2.11 bits per heavy atom. The van der Waals surface area contributed by atoms with E-state index >= 15 is 0 Å². The van der Waals surface area contributed by atoms with E-state index in [1.165, 1.54) is 5.56 Å². The molecule has 1 aromatic heterocycles. The predicted molar refractivity (Wildman–Crippen MR) is 69.5 cm³/mol. The Balaban J connectivity index is 2.08. The molecule has 0 saturated carbocycles. The van der Waals surface area contributed by atoms with E-state index in [0.29, 0.717) is 6.42 Å². The number of rotatable bonds is 5. The fourth-order valence-electron chi connectivity index (χ4n) is 1.43. The lowest BCUT2D eigenvalue weighted by atomic mass is 10.2. The molecule has 0 amide bonds. The van der Waals surface area contributed by atoms with Gasteiger partial charge in [0.05, 0.1) is 11.8 Å². The molecule has 0 aliphatic carbocycles. The minimum Gasteiger partial charge on any atom is -0.198 e. The molecule has 0 fully saturated rings. The molecule has 0 spiro atoms. The molecule has 0 bridgehead atoms. The van der Waals surface area contributed by atoms with Crippen LogP contribution < -0.4 is 0 Å². The second-order valence-corrected chi connectivity index (χ2v) is 4.88. The summed E-state index contributed by atoms with van der Waals surface area (Å²) in [7, 11) is 0. The number of nitriles is 1. The van der Waals surface area contributed by atoms with Crippen LogP contribution in [-0.4, -0.2) is 26.0 Å². The molecule has 5 nitrogen and oxygen atoms in total. The lowest BCUT2D eigenvalue weighted by Crippen LogP contribution is -1.99. The minimum atomic E-state index is 0.569. The van der Waals surface area contributed by atoms with Crippen LogP contribution in [0.5, 0.6) is 0 Å². The van der Waals surface area contributed by atoms with Crippen molar-refractivity contribution in [2.75, 3.05) is 5.75 Å². The van der Waals surface area contributed by atoms with Gasteiger partial charge < -0.3 is 0 Å². The lowest BCUT2D eigenvalue weighted by molar-refractivity contribution is 0.755. The topological polar surface area (TPSA) is 67.4 Å². The lowest BCUT2D eigenvalue weighted by Gasteiger charge is -2.03. The average Bonchev–Trinajstić information content (AvgIpc) is 2.84. The Morgan fingerprint density at radius 1 is 1.33 bits per heavy atom. The van der Waals surface area contributed by atoms with Gasteiger partial charge >= 0.3 is 0 Å². The maximum absolute atomic E-state index is 8.48. The van der Waals surface area contributed by atoms with Gasteiger partial charge in [0, 0.05) is 12.2 Å². The van der Waals surface area contributed by atoms with Crippen molar-refractivity contribution in [1.29, 1.82) is 5.26 Å². The first kappa shape index (κ1) is 12.6. The van der Waals surface area contributed by atoms with Gasteiger partial charge in [-0.15, -0.1) is 5.10 Å². The fourth-order valence-corrected chi connectivity index (χ4v) is 2.26. The number of hydrogen-bond donors (Lipinski definition) is 0. The highest BCUT2D eigenvalue weighted by Crippen LogP contribution is 2.19. The third-order valence-corrected chi connectivity index (χ3v) is 3.39. The van der Waals surface area contributed by atoms with E-state index in [0.717, 1.165) is 23.0 Å². The van der Waals surface area contributed by atoms with E-state index in [4.69, 9.17) is 5.26 Å².